The van der Waals surface area contributed by atoms with Gasteiger partial charge in [0.25, 0.3) is 5.56 Å². The van der Waals surface area contributed by atoms with Gasteiger partial charge in [0.15, 0.2) is 9.84 Å². The summed E-state index contributed by atoms with van der Waals surface area (Å²) in [5, 5.41) is 1.60. The molecule has 146 valence electrons. The molecule has 1 aromatic heterocycles. The van der Waals surface area contributed by atoms with E-state index in [1.807, 2.05) is 0 Å². The van der Waals surface area contributed by atoms with E-state index in [0.717, 1.165) is 40.9 Å². The second-order valence-corrected chi connectivity index (χ2v) is 9.52. The fourth-order valence-electron chi connectivity index (χ4n) is 3.24. The van der Waals surface area contributed by atoms with E-state index in [4.69, 9.17) is 0 Å². The molecule has 26 heavy (non-hydrogen) atoms. The molecule has 1 N–H and O–H groups in total. The summed E-state index contributed by atoms with van der Waals surface area (Å²) in [4.78, 5) is 36.2. The minimum Gasteiger partial charge on any atom is -0.352 e. The zero-order valence-corrected chi connectivity index (χ0v) is 16.5. The molecular weight excluding hydrogens is 358 g/mol. The summed E-state index contributed by atoms with van der Waals surface area (Å²) in [6.45, 7) is 3.40. The number of nitrogens with one attached hydrogen (secondary N) is 1. The molecule has 0 radical (unpaired) electrons. The molecule has 0 aromatic carbocycles. The third kappa shape index (κ3) is 4.25. The van der Waals surface area contributed by atoms with Crippen molar-refractivity contribution >= 4 is 15.7 Å². The molecule has 9 heteroatoms. The van der Waals surface area contributed by atoms with Crippen LogP contribution in [-0.2, 0) is 34.5 Å². The lowest BCUT2D eigenvalue weighted by atomic mass is 9.86. The van der Waals surface area contributed by atoms with E-state index in [0.29, 0.717) is 5.92 Å². The van der Waals surface area contributed by atoms with Crippen molar-refractivity contribution in [1.29, 1.82) is 0 Å². The lowest BCUT2D eigenvalue weighted by molar-refractivity contribution is -0.121. The van der Waals surface area contributed by atoms with Crippen LogP contribution in [0.1, 0.15) is 45.2 Å². The number of nitrogens with zero attached hydrogens (tertiary/aromatic N) is 2. The van der Waals surface area contributed by atoms with Crippen molar-refractivity contribution in [3.8, 4) is 0 Å². The van der Waals surface area contributed by atoms with E-state index in [2.05, 4.69) is 12.2 Å². The third-order valence-electron chi connectivity index (χ3n) is 5.32. The number of sulfone groups is 1. The molecule has 1 aromatic rings. The van der Waals surface area contributed by atoms with Crippen LogP contribution in [0, 0.1) is 5.92 Å². The lowest BCUT2D eigenvalue weighted by Crippen LogP contribution is -2.47. The first-order valence-electron chi connectivity index (χ1n) is 8.82. The molecule has 0 bridgehead atoms. The van der Waals surface area contributed by atoms with Crippen molar-refractivity contribution in [2.45, 2.75) is 56.6 Å². The minimum atomic E-state index is -3.87. The molecular formula is C17H27N3O5S. The third-order valence-corrected chi connectivity index (χ3v) is 7.31. The zero-order valence-electron chi connectivity index (χ0n) is 15.7. The normalized spacial score (nSPS) is 22.0. The number of carbonyl (C=O) groups excluding carboxylic acids is 1. The van der Waals surface area contributed by atoms with E-state index < -0.39 is 38.0 Å². The van der Waals surface area contributed by atoms with Crippen LogP contribution in [0.3, 0.4) is 0 Å². The summed E-state index contributed by atoms with van der Waals surface area (Å²) < 4.78 is 27.3. The van der Waals surface area contributed by atoms with Crippen LogP contribution in [0.4, 0.5) is 0 Å². The Balaban J connectivity index is 2.18. The quantitative estimate of drug-likeness (QED) is 0.772. The first kappa shape index (κ1) is 20.4. The van der Waals surface area contributed by atoms with Crippen molar-refractivity contribution in [1.82, 2.24) is 14.5 Å². The fourth-order valence-corrected chi connectivity index (χ4v) is 4.58. The average molecular weight is 385 g/mol. The fraction of sp³-hybridized carbons (Fsp3) is 0.706. The lowest BCUT2D eigenvalue weighted by Gasteiger charge is -2.30. The minimum absolute atomic E-state index is 0.0118. The highest BCUT2D eigenvalue weighted by molar-refractivity contribution is 7.92. The number of hydrogen-bond acceptors (Lipinski definition) is 5. The first-order valence-corrected chi connectivity index (χ1v) is 10.5. The summed E-state index contributed by atoms with van der Waals surface area (Å²) in [5.41, 5.74) is -1.11. The summed E-state index contributed by atoms with van der Waals surface area (Å²) >= 11 is 0. The zero-order chi connectivity index (χ0) is 19.6. The van der Waals surface area contributed by atoms with Gasteiger partial charge in [-0.3, -0.25) is 18.7 Å². The Kier molecular flexibility index (Phi) is 6.10. The molecule has 0 saturated heterocycles. The predicted molar refractivity (Wildman–Crippen MR) is 98.6 cm³/mol. The molecule has 1 fully saturated rings. The molecule has 1 heterocycles. The number of rotatable bonds is 5. The van der Waals surface area contributed by atoms with Gasteiger partial charge in [0.2, 0.25) is 5.91 Å². The van der Waals surface area contributed by atoms with Gasteiger partial charge in [0, 0.05) is 31.9 Å². The second-order valence-electron chi connectivity index (χ2n) is 7.20. The molecule has 3 atom stereocenters. The first-order chi connectivity index (χ1) is 12.0. The van der Waals surface area contributed by atoms with Crippen molar-refractivity contribution < 1.29 is 13.2 Å². The van der Waals surface area contributed by atoms with E-state index in [-0.39, 0.29) is 11.7 Å². The Labute approximate surface area is 153 Å². The van der Waals surface area contributed by atoms with Gasteiger partial charge in [-0.05, 0) is 25.7 Å². The molecule has 2 rings (SSSR count). The second kappa shape index (κ2) is 7.77. The van der Waals surface area contributed by atoms with Crippen LogP contribution < -0.4 is 16.6 Å². The highest BCUT2D eigenvalue weighted by Crippen LogP contribution is 2.24. The maximum atomic E-state index is 12.6. The topological polar surface area (TPSA) is 107 Å². The Morgan fingerprint density at radius 2 is 1.85 bits per heavy atom. The monoisotopic (exact) mass is 385 g/mol. The van der Waals surface area contributed by atoms with Gasteiger partial charge in [0.1, 0.15) is 5.25 Å². The number of amides is 1. The van der Waals surface area contributed by atoms with Gasteiger partial charge < -0.3 is 5.32 Å². The van der Waals surface area contributed by atoms with E-state index in [1.54, 1.807) is 0 Å². The molecule has 1 amide bonds. The predicted octanol–water partition coefficient (Wildman–Crippen LogP) is 0.0822. The van der Waals surface area contributed by atoms with Crippen LogP contribution in [0.2, 0.25) is 0 Å². The summed E-state index contributed by atoms with van der Waals surface area (Å²) in [7, 11) is -1.14. The van der Waals surface area contributed by atoms with Gasteiger partial charge in [-0.1, -0.05) is 19.8 Å². The van der Waals surface area contributed by atoms with Gasteiger partial charge in [-0.15, -0.1) is 0 Å². The van der Waals surface area contributed by atoms with Crippen molar-refractivity contribution in [2.24, 2.45) is 20.0 Å². The summed E-state index contributed by atoms with van der Waals surface area (Å²) in [5.74, 6) is -0.748. The number of aromatic nitrogens is 2. The number of carbonyl (C=O) groups is 1. The summed E-state index contributed by atoms with van der Waals surface area (Å²) in [6.07, 6.45) is 4.01. The van der Waals surface area contributed by atoms with Crippen LogP contribution in [0.15, 0.2) is 15.7 Å². The molecule has 1 aliphatic carbocycles. The van der Waals surface area contributed by atoms with Crippen LogP contribution in [0.5, 0.6) is 0 Å². The number of hydrogen-bond donors (Lipinski definition) is 1. The van der Waals surface area contributed by atoms with Crippen LogP contribution >= 0.6 is 0 Å². The highest BCUT2D eigenvalue weighted by Gasteiger charge is 2.32. The Hall–Kier alpha value is -1.90. The molecule has 0 spiro atoms. The Bertz CT molecular complexity index is 900. The average Bonchev–Trinajstić information content (AvgIpc) is 2.58. The van der Waals surface area contributed by atoms with Gasteiger partial charge >= 0.3 is 5.69 Å². The molecule has 1 aliphatic rings. The standard InChI is InChI=1S/C17H27N3O5S/c1-11-7-5-6-8-14(11)18-16(22)12(2)26(24,25)10-13-9-15(21)20(4)17(23)19(13)3/h9,11-12,14H,5-8,10H2,1-4H3,(H,18,22)/t11-,12+,14-/m1/s1. The van der Waals surface area contributed by atoms with Gasteiger partial charge in [-0.2, -0.15) is 0 Å². The van der Waals surface area contributed by atoms with Crippen molar-refractivity contribution in [2.75, 3.05) is 0 Å². The van der Waals surface area contributed by atoms with E-state index in [1.165, 1.54) is 21.0 Å². The van der Waals surface area contributed by atoms with Crippen molar-refractivity contribution in [3.05, 3.63) is 32.6 Å². The maximum Gasteiger partial charge on any atom is 0.330 e. The highest BCUT2D eigenvalue weighted by atomic mass is 32.2. The Morgan fingerprint density at radius 3 is 2.46 bits per heavy atom. The van der Waals surface area contributed by atoms with Crippen molar-refractivity contribution in [3.63, 3.8) is 0 Å². The molecule has 0 unspecified atom stereocenters. The SMILES string of the molecule is C[C@@H]1CCCC[C@H]1NC(=O)[C@H](C)S(=O)(=O)Cc1cc(=O)n(C)c(=O)n1C. The van der Waals surface area contributed by atoms with E-state index >= 15 is 0 Å². The Morgan fingerprint density at radius 1 is 1.23 bits per heavy atom. The summed E-state index contributed by atoms with van der Waals surface area (Å²) in [6, 6.07) is 1.11. The van der Waals surface area contributed by atoms with Crippen LogP contribution in [0.25, 0.3) is 0 Å². The smallest absolute Gasteiger partial charge is 0.330 e. The molecule has 0 aliphatic heterocycles. The van der Waals surface area contributed by atoms with Gasteiger partial charge in [-0.25, -0.2) is 13.2 Å². The van der Waals surface area contributed by atoms with Gasteiger partial charge in [0.05, 0.1) is 5.75 Å². The molecule has 8 nitrogen and oxygen atoms in total. The maximum absolute atomic E-state index is 12.6. The van der Waals surface area contributed by atoms with E-state index in [9.17, 15) is 22.8 Å². The van der Waals surface area contributed by atoms with Crippen LogP contribution in [-0.4, -0.2) is 34.8 Å². The largest absolute Gasteiger partial charge is 0.352 e. The molecule has 1 saturated carbocycles.